The number of rotatable bonds is 11. The van der Waals surface area contributed by atoms with Gasteiger partial charge in [0.2, 0.25) is 5.67 Å². The third kappa shape index (κ3) is 5.65. The Kier molecular flexibility index (Phi) is 8.01. The number of nitrogens with one attached hydrogen (secondary N) is 2. The van der Waals surface area contributed by atoms with Gasteiger partial charge in [-0.2, -0.15) is 5.10 Å². The summed E-state index contributed by atoms with van der Waals surface area (Å²) < 4.78 is 42.4. The van der Waals surface area contributed by atoms with Gasteiger partial charge in [-0.3, -0.25) is 10.2 Å². The van der Waals surface area contributed by atoms with Crippen LogP contribution < -0.4 is 10.6 Å². The van der Waals surface area contributed by atoms with Gasteiger partial charge in [-0.25, -0.2) is 23.4 Å². The molecule has 4 aromatic rings. The van der Waals surface area contributed by atoms with Crippen LogP contribution in [-0.4, -0.2) is 93.3 Å². The van der Waals surface area contributed by atoms with Crippen molar-refractivity contribution in [3.8, 4) is 16.9 Å². The van der Waals surface area contributed by atoms with Gasteiger partial charge in [0.1, 0.15) is 17.3 Å². The van der Waals surface area contributed by atoms with E-state index < -0.39 is 12.0 Å². The predicted octanol–water partition coefficient (Wildman–Crippen LogP) is 2.62. The molecule has 3 N–H and O–H groups in total. The van der Waals surface area contributed by atoms with Gasteiger partial charge in [0.05, 0.1) is 31.5 Å². The van der Waals surface area contributed by atoms with Crippen LogP contribution in [0, 0.1) is 12.7 Å². The average molecular weight is 581 g/mol. The third-order valence-corrected chi connectivity index (χ3v) is 7.79. The minimum Gasteiger partial charge on any atom is -0.383 e. The molecule has 1 unspecified atom stereocenters. The summed E-state index contributed by atoms with van der Waals surface area (Å²) in [4.78, 5) is 10.7. The fraction of sp³-hybridized carbons (Fsp3) is 0.414. The molecular weight excluding hydrogens is 546 g/mol. The Morgan fingerprint density at radius 1 is 1.17 bits per heavy atom. The van der Waals surface area contributed by atoms with Gasteiger partial charge in [-0.15, -0.1) is 0 Å². The number of anilines is 1. The highest BCUT2D eigenvalue weighted by Crippen LogP contribution is 2.34. The molecule has 222 valence electrons. The molecule has 0 amide bonds. The Morgan fingerprint density at radius 3 is 2.57 bits per heavy atom. The van der Waals surface area contributed by atoms with E-state index in [1.165, 1.54) is 12.3 Å². The smallest absolute Gasteiger partial charge is 0.215 e. The van der Waals surface area contributed by atoms with Crippen LogP contribution in [0.4, 0.5) is 14.6 Å². The molecule has 3 aromatic heterocycles. The minimum atomic E-state index is -1.66. The van der Waals surface area contributed by atoms with Gasteiger partial charge < -0.3 is 24.5 Å². The lowest BCUT2D eigenvalue weighted by molar-refractivity contribution is -0.140. The molecule has 6 rings (SSSR count). The van der Waals surface area contributed by atoms with E-state index >= 15 is 0 Å². The van der Waals surface area contributed by atoms with Crippen molar-refractivity contribution in [2.75, 3.05) is 51.9 Å². The first-order valence-corrected chi connectivity index (χ1v) is 13.8. The summed E-state index contributed by atoms with van der Waals surface area (Å²) in [6.07, 6.45) is 5.13. The van der Waals surface area contributed by atoms with E-state index in [1.54, 1.807) is 30.4 Å². The van der Waals surface area contributed by atoms with Crippen LogP contribution in [0.3, 0.4) is 0 Å². The number of nitrogens with zero attached hydrogens (tertiary/aromatic N) is 6. The van der Waals surface area contributed by atoms with Crippen molar-refractivity contribution in [2.45, 2.75) is 31.0 Å². The van der Waals surface area contributed by atoms with Crippen molar-refractivity contribution in [2.24, 2.45) is 0 Å². The van der Waals surface area contributed by atoms with Crippen LogP contribution in [-0.2, 0) is 15.1 Å². The van der Waals surface area contributed by atoms with Gasteiger partial charge in [-0.1, -0.05) is 18.2 Å². The topological polar surface area (TPSA) is 115 Å². The molecule has 2 aliphatic heterocycles. The lowest BCUT2D eigenvalue weighted by atomic mass is 10.0. The maximum Gasteiger partial charge on any atom is 0.215 e. The first-order valence-electron chi connectivity index (χ1n) is 13.8. The molecule has 0 bridgehead atoms. The molecule has 0 aliphatic carbocycles. The summed E-state index contributed by atoms with van der Waals surface area (Å²) in [6.45, 7) is 4.38. The molecule has 0 spiro atoms. The van der Waals surface area contributed by atoms with E-state index in [2.05, 4.69) is 25.5 Å². The number of ether oxygens (including phenoxy) is 2. The largest absolute Gasteiger partial charge is 0.383 e. The molecule has 13 heteroatoms. The quantitative estimate of drug-likeness (QED) is 0.230. The first-order chi connectivity index (χ1) is 20.3. The number of methoxy groups -OCH3 is 1. The summed E-state index contributed by atoms with van der Waals surface area (Å²) in [5.74, 6) is 0.341. The average Bonchev–Trinajstić information content (AvgIpc) is 3.68. The summed E-state index contributed by atoms with van der Waals surface area (Å²) in [7, 11) is 1.66. The second-order valence-corrected chi connectivity index (χ2v) is 10.7. The van der Waals surface area contributed by atoms with Crippen molar-refractivity contribution in [1.29, 1.82) is 0 Å². The maximum atomic E-state index is 14.7. The maximum absolute atomic E-state index is 14.7. The second kappa shape index (κ2) is 11.9. The predicted molar refractivity (Wildman–Crippen MR) is 151 cm³/mol. The lowest BCUT2D eigenvalue weighted by Crippen LogP contribution is -2.47. The van der Waals surface area contributed by atoms with Crippen LogP contribution in [0.15, 0.2) is 61.2 Å². The molecule has 11 nitrogen and oxygen atoms in total. The van der Waals surface area contributed by atoms with E-state index in [-0.39, 0.29) is 36.9 Å². The monoisotopic (exact) mass is 580 g/mol. The molecule has 0 saturated carbocycles. The molecule has 2 saturated heterocycles. The Hall–Kier alpha value is -3.75. The number of benzene rings is 1. The van der Waals surface area contributed by atoms with E-state index in [1.807, 2.05) is 41.8 Å². The second-order valence-electron chi connectivity index (χ2n) is 10.7. The van der Waals surface area contributed by atoms with Gasteiger partial charge in [0, 0.05) is 68.7 Å². The number of likely N-dealkylation sites (tertiary alicyclic amines) is 1. The van der Waals surface area contributed by atoms with Crippen molar-refractivity contribution < 1.29 is 23.4 Å². The molecule has 2 aliphatic rings. The number of aliphatic hydroxyl groups excluding tert-OH is 1. The fourth-order valence-electron chi connectivity index (χ4n) is 5.49. The number of para-hydroxylation sites is 1. The molecular formula is C29H34F2N8O3. The summed E-state index contributed by atoms with van der Waals surface area (Å²) in [5.41, 5.74) is 1.06. The zero-order valence-electron chi connectivity index (χ0n) is 23.5. The van der Waals surface area contributed by atoms with Gasteiger partial charge >= 0.3 is 0 Å². The fourth-order valence-corrected chi connectivity index (χ4v) is 5.49. The first kappa shape index (κ1) is 28.4. The van der Waals surface area contributed by atoms with E-state index in [0.717, 1.165) is 17.8 Å². The highest BCUT2D eigenvalue weighted by Gasteiger charge is 2.43. The SMILES string of the molecule is COCCN1C[C@@H](n2ccc(F)c2)[C@H](NC(O)Nc2c(C)c(-c3cnc(C4(F)COC4)nc3)nn2-c2ccccc2)C1. The number of hydrogen-bond donors (Lipinski definition) is 3. The van der Waals surface area contributed by atoms with Crippen molar-refractivity contribution in [3.63, 3.8) is 0 Å². The summed E-state index contributed by atoms with van der Waals surface area (Å²) >= 11 is 0. The molecule has 0 radical (unpaired) electrons. The van der Waals surface area contributed by atoms with Crippen molar-refractivity contribution in [3.05, 3.63) is 78.4 Å². The molecule has 2 fully saturated rings. The van der Waals surface area contributed by atoms with Gasteiger partial charge in [0.15, 0.2) is 12.2 Å². The van der Waals surface area contributed by atoms with E-state index in [9.17, 15) is 13.9 Å². The molecule has 5 heterocycles. The van der Waals surface area contributed by atoms with Crippen LogP contribution in [0.25, 0.3) is 16.9 Å². The standard InChI is InChI=1S/C29H34F2N8O3/c1-19-25(20-12-32-27(33-13-20)29(31)17-42-18-29)36-39(22-6-4-3-5-7-22)26(19)35-28(40)34-23-15-37(10-11-41-2)16-24(23)38-9-8-21(30)14-38/h3-9,12-14,23-24,28,34-35,40H,10-11,15-18H2,1-2H3/t23-,24-,28?/m1/s1. The molecule has 1 aromatic carbocycles. The zero-order chi connectivity index (χ0) is 29.3. The number of hydrogen-bond acceptors (Lipinski definition) is 9. The Morgan fingerprint density at radius 2 is 1.93 bits per heavy atom. The summed E-state index contributed by atoms with van der Waals surface area (Å²) in [5, 5.41) is 22.6. The normalized spacial score (nSPS) is 20.9. The van der Waals surface area contributed by atoms with Crippen LogP contribution >= 0.6 is 0 Å². The van der Waals surface area contributed by atoms with E-state index in [0.29, 0.717) is 36.8 Å². The number of alkyl halides is 1. The Bertz CT molecular complexity index is 1490. The summed E-state index contributed by atoms with van der Waals surface area (Å²) in [6, 6.07) is 10.7. The van der Waals surface area contributed by atoms with Crippen LogP contribution in [0.2, 0.25) is 0 Å². The third-order valence-electron chi connectivity index (χ3n) is 7.79. The van der Waals surface area contributed by atoms with Gasteiger partial charge in [-0.05, 0) is 25.1 Å². The lowest BCUT2D eigenvalue weighted by Gasteiger charge is -2.31. The number of aromatic nitrogens is 5. The van der Waals surface area contributed by atoms with Crippen LogP contribution in [0.5, 0.6) is 0 Å². The number of aliphatic hydroxyl groups is 1. The number of halogens is 2. The highest BCUT2D eigenvalue weighted by atomic mass is 19.1. The van der Waals surface area contributed by atoms with Gasteiger partial charge in [0.25, 0.3) is 0 Å². The van der Waals surface area contributed by atoms with Crippen molar-refractivity contribution >= 4 is 5.82 Å². The van der Waals surface area contributed by atoms with Crippen molar-refractivity contribution in [1.82, 2.24) is 34.5 Å². The Labute approximate surface area is 242 Å². The Balaban J connectivity index is 1.26. The van der Waals surface area contributed by atoms with Crippen LogP contribution in [0.1, 0.15) is 17.4 Å². The van der Waals surface area contributed by atoms with E-state index in [4.69, 9.17) is 14.6 Å². The minimum absolute atomic E-state index is 0.0573. The zero-order valence-corrected chi connectivity index (χ0v) is 23.5. The molecule has 42 heavy (non-hydrogen) atoms. The molecule has 3 atom stereocenters. The highest BCUT2D eigenvalue weighted by molar-refractivity contribution is 5.69.